The highest BCUT2D eigenvalue weighted by atomic mass is 14.5. The predicted octanol–water partition coefficient (Wildman–Crippen LogP) is 20.1. The first-order valence-electron chi connectivity index (χ1n) is 29.9. The molecule has 0 aliphatic heterocycles. The largest absolute Gasteiger partial charge is 0.0846 e. The van der Waals surface area contributed by atoms with E-state index in [1.165, 1.54) is 57.8 Å². The monoisotopic (exact) mass is 903 g/mol. The smallest absolute Gasteiger partial charge is 0.0176 e. The van der Waals surface area contributed by atoms with Crippen LogP contribution in [0.5, 0.6) is 0 Å². The first-order chi connectivity index (χ1) is 30.2. The van der Waals surface area contributed by atoms with E-state index in [9.17, 15) is 0 Å². The fourth-order valence-electron chi connectivity index (χ4n) is 16.6. The predicted molar refractivity (Wildman–Crippen MR) is 292 cm³/mol. The molecule has 10 aliphatic carbocycles. The summed E-state index contributed by atoms with van der Waals surface area (Å²) in [6, 6.07) is 0. The van der Waals surface area contributed by atoms with Gasteiger partial charge in [-0.1, -0.05) is 178 Å². The summed E-state index contributed by atoms with van der Waals surface area (Å²) in [5.74, 6) is 29.3. The minimum Gasteiger partial charge on any atom is -0.0846 e. The van der Waals surface area contributed by atoms with Crippen LogP contribution in [-0.4, -0.2) is 0 Å². The van der Waals surface area contributed by atoms with Crippen molar-refractivity contribution >= 4 is 0 Å². The lowest BCUT2D eigenvalue weighted by atomic mass is 9.50. The lowest BCUT2D eigenvalue weighted by Gasteiger charge is -2.55. The Morgan fingerprint density at radius 1 is 0.185 bits per heavy atom. The molecule has 8 saturated carbocycles. The van der Waals surface area contributed by atoms with Gasteiger partial charge in [-0.15, -0.1) is 0 Å². The van der Waals surface area contributed by atoms with Crippen LogP contribution in [0.3, 0.4) is 0 Å². The number of fused-ring (bicyclic) bond motifs is 3. The Bertz CT molecular complexity index is 1220. The van der Waals surface area contributed by atoms with Crippen molar-refractivity contribution in [3.05, 3.63) is 12.2 Å². The van der Waals surface area contributed by atoms with Crippen molar-refractivity contribution < 1.29 is 0 Å². The van der Waals surface area contributed by atoms with E-state index >= 15 is 0 Å². The number of allylic oxidation sites excluding steroid dienone is 2. The zero-order valence-electron chi connectivity index (χ0n) is 48.8. The fourth-order valence-corrected chi connectivity index (χ4v) is 16.6. The Morgan fingerprint density at radius 2 is 0.385 bits per heavy atom. The maximum atomic E-state index is 2.47. The summed E-state index contributed by atoms with van der Waals surface area (Å²) >= 11 is 0. The molecule has 65 heavy (non-hydrogen) atoms. The molecule has 0 heterocycles. The molecule has 10 aliphatic rings. The standard InChI is InChI=1S/C14H26.C12H22.C12H20.C10H20.C9H18.C8H16/c1-9-5-13(6-10(9)2)14-7-11(3)12(4)8-14;1-7-5-11-9(3)10(4)12(11)6-8(7)2;1-7-8(2)12-6-5-11(7)9(3)10(12)4;1-7-5-9(3)10(4)6-8(7)2;1-6-5-7(2)9(4)8(6)3;1-5-6(2)8(4)7(5)3/h9-14H,5-8H2,1-4H3;7-12H,5-6H2,1-4H3;5-12H,1-4H3;7-10H,5-6H2,1-4H3;6-9H,5H2,1-4H3;5-8H,1-4H3. The van der Waals surface area contributed by atoms with Gasteiger partial charge in [-0.2, -0.15) is 0 Å². The van der Waals surface area contributed by atoms with Crippen LogP contribution in [0.2, 0.25) is 0 Å². The first-order valence-corrected chi connectivity index (χ1v) is 29.9. The minimum absolute atomic E-state index is 0.861. The molecule has 0 radical (unpaired) electrons. The summed E-state index contributed by atoms with van der Waals surface area (Å²) in [5, 5.41) is 0. The van der Waals surface area contributed by atoms with Crippen molar-refractivity contribution in [3.8, 4) is 0 Å². The van der Waals surface area contributed by atoms with E-state index in [0.29, 0.717) is 0 Å². The molecule has 8 fully saturated rings. The van der Waals surface area contributed by atoms with Crippen LogP contribution in [0.4, 0.5) is 0 Å². The topological polar surface area (TPSA) is 0 Å². The molecule has 0 spiro atoms. The molecule has 0 aromatic rings. The molecule has 0 amide bonds. The summed E-state index contributed by atoms with van der Waals surface area (Å²) < 4.78 is 0. The van der Waals surface area contributed by atoms with Gasteiger partial charge in [0.2, 0.25) is 0 Å². The molecule has 22 atom stereocenters. The van der Waals surface area contributed by atoms with Crippen molar-refractivity contribution in [1.29, 1.82) is 0 Å². The molecular formula is C65H122. The second kappa shape index (κ2) is 24.7. The van der Waals surface area contributed by atoms with Gasteiger partial charge in [0.05, 0.1) is 0 Å². The average Bonchev–Trinajstić information content (AvgIpc) is 3.88. The molecule has 382 valence electrons. The maximum absolute atomic E-state index is 2.47. The van der Waals surface area contributed by atoms with Crippen molar-refractivity contribution in [3.63, 3.8) is 0 Å². The fraction of sp³-hybridized carbons (Fsp3) is 0.969. The molecule has 0 N–H and O–H groups in total. The number of rotatable bonds is 1. The van der Waals surface area contributed by atoms with E-state index in [2.05, 4.69) is 178 Å². The van der Waals surface area contributed by atoms with E-state index in [1.54, 1.807) is 0 Å². The van der Waals surface area contributed by atoms with Crippen LogP contribution in [0, 0.1) is 178 Å². The molecule has 0 aromatic carbocycles. The number of hydrogen-bond donors (Lipinski definition) is 0. The lowest BCUT2D eigenvalue weighted by molar-refractivity contribution is -0.0651. The highest BCUT2D eigenvalue weighted by Gasteiger charge is 2.49. The SMILES string of the molecule is CC1C(C)C(C)C1C.CC1C(C)C2C=CC1C(C)C2C.CC1CC(C)C(C)C1C.CC1CC(C)C(C)CC1C.CC1CC(C2CC(C)C(C)C2)CC1C.CC1CC2C(C)C(C)C2CC1C. The number of hydrogen-bond acceptors (Lipinski definition) is 0. The van der Waals surface area contributed by atoms with Crippen LogP contribution < -0.4 is 0 Å². The van der Waals surface area contributed by atoms with Gasteiger partial charge >= 0.3 is 0 Å². The van der Waals surface area contributed by atoms with Crippen LogP contribution in [0.1, 0.15) is 224 Å². The summed E-state index contributed by atoms with van der Waals surface area (Å²) in [6.45, 7) is 57.8. The van der Waals surface area contributed by atoms with Gasteiger partial charge in [0, 0.05) is 0 Å². The van der Waals surface area contributed by atoms with Gasteiger partial charge < -0.3 is 0 Å². The third-order valence-electron chi connectivity index (χ3n) is 25.1. The Kier molecular flexibility index (Phi) is 21.8. The summed E-state index contributed by atoms with van der Waals surface area (Å²) in [4.78, 5) is 0. The van der Waals surface area contributed by atoms with Gasteiger partial charge in [-0.05, 0) is 235 Å². The first kappa shape index (κ1) is 57.3. The summed E-state index contributed by atoms with van der Waals surface area (Å²) in [7, 11) is 0. The van der Waals surface area contributed by atoms with E-state index in [1.807, 2.05) is 0 Å². The molecule has 22 unspecified atom stereocenters. The van der Waals surface area contributed by atoms with Crippen molar-refractivity contribution in [1.82, 2.24) is 0 Å². The van der Waals surface area contributed by atoms with E-state index < -0.39 is 0 Å². The molecule has 0 nitrogen and oxygen atoms in total. The summed E-state index contributed by atoms with van der Waals surface area (Å²) in [5.41, 5.74) is 0. The van der Waals surface area contributed by atoms with Gasteiger partial charge in [0.25, 0.3) is 0 Å². The van der Waals surface area contributed by atoms with E-state index in [4.69, 9.17) is 0 Å². The normalized spacial score (nSPS) is 54.8. The van der Waals surface area contributed by atoms with Crippen LogP contribution in [0.15, 0.2) is 12.2 Å². The van der Waals surface area contributed by atoms with Crippen LogP contribution in [0.25, 0.3) is 0 Å². The van der Waals surface area contributed by atoms with Gasteiger partial charge in [0.15, 0.2) is 0 Å². The molecule has 0 heteroatoms. The Hall–Kier alpha value is -0.260. The van der Waals surface area contributed by atoms with Crippen LogP contribution >= 0.6 is 0 Å². The van der Waals surface area contributed by atoms with Gasteiger partial charge in [0.1, 0.15) is 0 Å². The Balaban J connectivity index is 0.000000172. The molecule has 0 aromatic heterocycles. The highest BCUT2D eigenvalue weighted by molar-refractivity contribution is 5.12. The van der Waals surface area contributed by atoms with Crippen molar-refractivity contribution in [2.75, 3.05) is 0 Å². The zero-order valence-corrected chi connectivity index (χ0v) is 48.8. The molecular weight excluding hydrogens is 781 g/mol. The molecule has 2 bridgehead atoms. The van der Waals surface area contributed by atoms with Crippen LogP contribution in [-0.2, 0) is 0 Å². The molecule has 0 saturated heterocycles. The second-order valence-electron chi connectivity index (χ2n) is 28.5. The third-order valence-corrected chi connectivity index (χ3v) is 25.1. The zero-order chi connectivity index (χ0) is 49.1. The summed E-state index contributed by atoms with van der Waals surface area (Å²) in [6.07, 6.45) is 18.4. The van der Waals surface area contributed by atoms with E-state index in [-0.39, 0.29) is 0 Å². The van der Waals surface area contributed by atoms with Crippen molar-refractivity contribution in [2.45, 2.75) is 224 Å². The second-order valence-corrected chi connectivity index (χ2v) is 28.5. The Labute approximate surface area is 411 Å². The molecule has 10 rings (SSSR count). The maximum Gasteiger partial charge on any atom is -0.0176 e. The van der Waals surface area contributed by atoms with Gasteiger partial charge in [-0.25, -0.2) is 0 Å². The van der Waals surface area contributed by atoms with E-state index in [0.717, 1.165) is 178 Å². The van der Waals surface area contributed by atoms with Gasteiger partial charge in [-0.3, -0.25) is 0 Å². The lowest BCUT2D eigenvalue weighted by Crippen LogP contribution is -2.48. The highest BCUT2D eigenvalue weighted by Crippen LogP contribution is 2.56. The quantitative estimate of drug-likeness (QED) is 0.230. The third kappa shape index (κ3) is 13.8. The Morgan fingerprint density at radius 3 is 0.600 bits per heavy atom. The minimum atomic E-state index is 0.861. The average molecular weight is 904 g/mol. The van der Waals surface area contributed by atoms with Crippen molar-refractivity contribution in [2.24, 2.45) is 178 Å².